The van der Waals surface area contributed by atoms with Crippen LogP contribution < -0.4 is 10.9 Å². The molecule has 0 spiro atoms. The highest BCUT2D eigenvalue weighted by Gasteiger charge is 2.32. The monoisotopic (exact) mass is 358 g/mol. The Balaban J connectivity index is 1.83. The molecule has 3 rings (SSSR count). The Bertz CT molecular complexity index is 915. The molecule has 130 valence electrons. The van der Waals surface area contributed by atoms with E-state index in [0.717, 1.165) is 5.56 Å². The van der Waals surface area contributed by atoms with E-state index in [9.17, 15) is 14.4 Å². The van der Waals surface area contributed by atoms with Gasteiger partial charge in [0, 0.05) is 29.2 Å². The molecule has 25 heavy (non-hydrogen) atoms. The summed E-state index contributed by atoms with van der Waals surface area (Å²) in [5.74, 6) is -0.562. The van der Waals surface area contributed by atoms with E-state index in [1.54, 1.807) is 18.2 Å². The summed E-state index contributed by atoms with van der Waals surface area (Å²) in [7, 11) is 0. The molecule has 1 amide bonds. The Morgan fingerprint density at radius 1 is 1.24 bits per heavy atom. The normalized spacial score (nSPS) is 15.6. The average Bonchev–Trinajstić information content (AvgIpc) is 2.51. The van der Waals surface area contributed by atoms with Crippen LogP contribution in [0.15, 0.2) is 35.1 Å². The van der Waals surface area contributed by atoms with Crippen molar-refractivity contribution >= 4 is 23.3 Å². The van der Waals surface area contributed by atoms with Gasteiger partial charge < -0.3 is 10.3 Å². The number of ketones is 1. The van der Waals surface area contributed by atoms with Crippen molar-refractivity contribution in [1.82, 2.24) is 10.3 Å². The predicted molar refractivity (Wildman–Crippen MR) is 96.1 cm³/mol. The summed E-state index contributed by atoms with van der Waals surface area (Å²) in [6.45, 7) is 4.21. The Labute approximate surface area is 150 Å². The average molecular weight is 359 g/mol. The lowest BCUT2D eigenvalue weighted by Gasteiger charge is -2.29. The van der Waals surface area contributed by atoms with Crippen LogP contribution in [0, 0.1) is 5.41 Å². The number of pyridine rings is 1. The molecule has 0 aliphatic heterocycles. The third-order valence-corrected chi connectivity index (χ3v) is 4.54. The minimum absolute atomic E-state index is 0.0474. The van der Waals surface area contributed by atoms with E-state index in [1.807, 2.05) is 19.9 Å². The number of fused-ring (bicyclic) bond motifs is 1. The predicted octanol–water partition coefficient (Wildman–Crippen LogP) is 3.11. The lowest BCUT2D eigenvalue weighted by Crippen LogP contribution is -2.34. The summed E-state index contributed by atoms with van der Waals surface area (Å²) in [5, 5.41) is 3.27. The van der Waals surface area contributed by atoms with Gasteiger partial charge in [-0.15, -0.1) is 0 Å². The lowest BCUT2D eigenvalue weighted by atomic mass is 9.75. The van der Waals surface area contributed by atoms with Crippen LogP contribution in [0.3, 0.4) is 0 Å². The number of rotatable bonds is 3. The van der Waals surface area contributed by atoms with Crippen molar-refractivity contribution in [2.24, 2.45) is 5.41 Å². The number of H-pyrrole nitrogens is 1. The smallest absolute Gasteiger partial charge is 0.261 e. The molecule has 1 aliphatic carbocycles. The van der Waals surface area contributed by atoms with Crippen LogP contribution in [-0.4, -0.2) is 16.7 Å². The molecule has 1 aromatic carbocycles. The van der Waals surface area contributed by atoms with Crippen LogP contribution in [0.25, 0.3) is 0 Å². The molecule has 1 heterocycles. The molecule has 6 heteroatoms. The number of carbonyl (C=O) groups excluding carboxylic acids is 2. The Morgan fingerprint density at radius 2 is 2.00 bits per heavy atom. The van der Waals surface area contributed by atoms with Gasteiger partial charge in [-0.25, -0.2) is 0 Å². The van der Waals surface area contributed by atoms with Gasteiger partial charge in [-0.1, -0.05) is 37.6 Å². The molecule has 0 saturated carbocycles. The minimum atomic E-state index is -0.512. The number of nitrogens with one attached hydrogen (secondary N) is 2. The first-order chi connectivity index (χ1) is 11.7. The summed E-state index contributed by atoms with van der Waals surface area (Å²) in [6.07, 6.45) is 1.00. The number of benzene rings is 1. The van der Waals surface area contributed by atoms with E-state index in [0.29, 0.717) is 29.1 Å². The Morgan fingerprint density at radius 3 is 2.72 bits per heavy atom. The highest BCUT2D eigenvalue weighted by atomic mass is 35.5. The molecule has 1 aromatic heterocycles. The lowest BCUT2D eigenvalue weighted by molar-refractivity contribution is 0.0910. The summed E-state index contributed by atoms with van der Waals surface area (Å²) in [6, 6.07) is 8.52. The van der Waals surface area contributed by atoms with E-state index in [-0.39, 0.29) is 23.3 Å². The van der Waals surface area contributed by atoms with Crippen LogP contribution >= 0.6 is 11.6 Å². The van der Waals surface area contributed by atoms with Crippen molar-refractivity contribution in [2.45, 2.75) is 33.2 Å². The summed E-state index contributed by atoms with van der Waals surface area (Å²) in [4.78, 5) is 39.7. The van der Waals surface area contributed by atoms with Gasteiger partial charge in [0.05, 0.1) is 0 Å². The summed E-state index contributed by atoms with van der Waals surface area (Å²) < 4.78 is 0. The number of hydrogen-bond donors (Lipinski definition) is 2. The van der Waals surface area contributed by atoms with Crippen LogP contribution in [0.2, 0.25) is 5.02 Å². The fourth-order valence-electron chi connectivity index (χ4n) is 3.12. The van der Waals surface area contributed by atoms with Crippen molar-refractivity contribution in [3.05, 3.63) is 68.1 Å². The molecule has 2 N–H and O–H groups in total. The van der Waals surface area contributed by atoms with Crippen LogP contribution in [0.5, 0.6) is 0 Å². The SMILES string of the molecule is CC1(C)CC(=O)c2cc(C(=O)NCc3cccc(Cl)c3)c(=O)[nH]c2C1. The largest absolute Gasteiger partial charge is 0.348 e. The number of hydrogen-bond acceptors (Lipinski definition) is 3. The number of aromatic amines is 1. The molecule has 1 aliphatic rings. The number of Topliss-reactive ketones (excluding diaryl/α,β-unsaturated/α-hetero) is 1. The van der Waals surface area contributed by atoms with Crippen molar-refractivity contribution in [1.29, 1.82) is 0 Å². The first kappa shape index (κ1) is 17.4. The topological polar surface area (TPSA) is 79.0 Å². The second-order valence-electron chi connectivity index (χ2n) is 7.16. The molecule has 5 nitrogen and oxygen atoms in total. The Hall–Kier alpha value is -2.40. The number of halogens is 1. The maximum absolute atomic E-state index is 12.4. The number of carbonyl (C=O) groups is 2. The highest BCUT2D eigenvalue weighted by Crippen LogP contribution is 2.33. The van der Waals surface area contributed by atoms with Gasteiger partial charge in [-0.2, -0.15) is 0 Å². The first-order valence-electron chi connectivity index (χ1n) is 8.07. The van der Waals surface area contributed by atoms with Crippen molar-refractivity contribution in [3.8, 4) is 0 Å². The zero-order valence-electron chi connectivity index (χ0n) is 14.1. The van der Waals surface area contributed by atoms with E-state index >= 15 is 0 Å². The second-order valence-corrected chi connectivity index (χ2v) is 7.59. The molecule has 0 atom stereocenters. The zero-order chi connectivity index (χ0) is 18.2. The molecule has 0 radical (unpaired) electrons. The molecule has 0 unspecified atom stereocenters. The quantitative estimate of drug-likeness (QED) is 0.884. The van der Waals surface area contributed by atoms with E-state index in [2.05, 4.69) is 10.3 Å². The fraction of sp³-hybridized carbons (Fsp3) is 0.316. The standard InChI is InChI=1S/C19H19ClN2O3/c1-19(2)8-15-13(16(23)9-19)7-14(18(25)22-15)17(24)21-10-11-4-3-5-12(20)6-11/h3-7H,8-10H2,1-2H3,(H,21,24)(H,22,25). The fourth-order valence-corrected chi connectivity index (χ4v) is 3.33. The van der Waals surface area contributed by atoms with Crippen molar-refractivity contribution < 1.29 is 9.59 Å². The summed E-state index contributed by atoms with van der Waals surface area (Å²) >= 11 is 5.92. The van der Waals surface area contributed by atoms with Gasteiger partial charge in [-0.05, 0) is 35.6 Å². The number of aromatic nitrogens is 1. The van der Waals surface area contributed by atoms with E-state index < -0.39 is 11.5 Å². The van der Waals surface area contributed by atoms with Crippen LogP contribution in [0.1, 0.15) is 52.2 Å². The maximum atomic E-state index is 12.4. The van der Waals surface area contributed by atoms with Gasteiger partial charge in [-0.3, -0.25) is 14.4 Å². The van der Waals surface area contributed by atoms with Gasteiger partial charge in [0.25, 0.3) is 11.5 Å². The molecule has 2 aromatic rings. The molecule has 0 bridgehead atoms. The number of amides is 1. The van der Waals surface area contributed by atoms with Gasteiger partial charge in [0.2, 0.25) is 0 Å². The van der Waals surface area contributed by atoms with Crippen molar-refractivity contribution in [3.63, 3.8) is 0 Å². The van der Waals surface area contributed by atoms with Crippen LogP contribution in [-0.2, 0) is 13.0 Å². The third kappa shape index (κ3) is 3.82. The molecule has 0 fully saturated rings. The molecule has 0 saturated heterocycles. The van der Waals surface area contributed by atoms with Gasteiger partial charge in [0.15, 0.2) is 5.78 Å². The first-order valence-corrected chi connectivity index (χ1v) is 8.45. The summed E-state index contributed by atoms with van der Waals surface area (Å²) in [5.41, 5.74) is 1.16. The van der Waals surface area contributed by atoms with E-state index in [4.69, 9.17) is 11.6 Å². The maximum Gasteiger partial charge on any atom is 0.261 e. The zero-order valence-corrected chi connectivity index (χ0v) is 14.9. The third-order valence-electron chi connectivity index (χ3n) is 4.30. The highest BCUT2D eigenvalue weighted by molar-refractivity contribution is 6.30. The van der Waals surface area contributed by atoms with Crippen molar-refractivity contribution in [2.75, 3.05) is 0 Å². The minimum Gasteiger partial charge on any atom is -0.348 e. The molecular weight excluding hydrogens is 340 g/mol. The van der Waals surface area contributed by atoms with Gasteiger partial charge in [0.1, 0.15) is 5.56 Å². The van der Waals surface area contributed by atoms with Crippen LogP contribution in [0.4, 0.5) is 0 Å². The second kappa shape index (κ2) is 6.48. The Kier molecular flexibility index (Phi) is 4.52. The molecular formula is C19H19ClN2O3. The van der Waals surface area contributed by atoms with Gasteiger partial charge >= 0.3 is 0 Å². The van der Waals surface area contributed by atoms with E-state index in [1.165, 1.54) is 6.07 Å².